The summed E-state index contributed by atoms with van der Waals surface area (Å²) < 4.78 is 2.43. The van der Waals surface area contributed by atoms with Gasteiger partial charge in [0.05, 0.1) is 0 Å². The molecule has 0 aliphatic heterocycles. The molecule has 0 unspecified atom stereocenters. The van der Waals surface area contributed by atoms with E-state index in [4.69, 9.17) is 0 Å². The number of nitrogens with zero attached hydrogens (tertiary/aromatic N) is 4. The molecule has 0 amide bonds. The normalized spacial score (nSPS) is 16.7. The maximum absolute atomic E-state index is 11.6. The lowest BCUT2D eigenvalue weighted by atomic mass is 9.76. The number of hydrogen-bond acceptors (Lipinski definition) is 4. The van der Waals surface area contributed by atoms with Crippen molar-refractivity contribution in [3.8, 4) is 11.4 Å². The van der Waals surface area contributed by atoms with E-state index < -0.39 is 11.5 Å². The van der Waals surface area contributed by atoms with Gasteiger partial charge >= 0.3 is 5.97 Å². The molecule has 0 radical (unpaired) electrons. The van der Waals surface area contributed by atoms with E-state index in [9.17, 15) is 9.90 Å². The van der Waals surface area contributed by atoms with E-state index in [1.54, 1.807) is 0 Å². The topological polar surface area (TPSA) is 80.9 Å². The predicted molar refractivity (Wildman–Crippen MR) is 75.2 cm³/mol. The Balaban J connectivity index is 2.13. The van der Waals surface area contributed by atoms with E-state index in [0.717, 1.165) is 22.0 Å². The smallest absolute Gasteiger partial charge is 0.331 e. The lowest BCUT2D eigenvalue weighted by Crippen LogP contribution is -2.48. The first kappa shape index (κ1) is 13.2. The van der Waals surface area contributed by atoms with Crippen LogP contribution in [0.4, 0.5) is 0 Å². The molecule has 2 aromatic rings. The quantitative estimate of drug-likeness (QED) is 0.930. The zero-order chi connectivity index (χ0) is 14.3. The number of halogens is 1. The summed E-state index contributed by atoms with van der Waals surface area (Å²) >= 11 is 3.41. The number of hydrogen-bond donors (Lipinski definition) is 1. The van der Waals surface area contributed by atoms with Crippen LogP contribution in [0.1, 0.15) is 24.8 Å². The Hall–Kier alpha value is -1.76. The SMILES string of the molecule is Cc1cc(Br)ccc1-c1nnnn1C1(C(=O)O)CCC1. The Morgan fingerprint density at radius 3 is 2.75 bits per heavy atom. The molecule has 1 aromatic heterocycles. The number of carboxylic acid groups (broad SMARTS) is 1. The van der Waals surface area contributed by atoms with Crippen LogP contribution in [0.3, 0.4) is 0 Å². The summed E-state index contributed by atoms with van der Waals surface area (Å²) in [5, 5.41) is 21.2. The van der Waals surface area contributed by atoms with Crippen molar-refractivity contribution in [2.45, 2.75) is 31.7 Å². The van der Waals surface area contributed by atoms with E-state index in [1.165, 1.54) is 4.68 Å². The van der Waals surface area contributed by atoms with Crippen molar-refractivity contribution in [1.29, 1.82) is 0 Å². The fraction of sp³-hybridized carbons (Fsp3) is 0.385. The number of rotatable bonds is 3. The molecule has 1 heterocycles. The molecule has 0 atom stereocenters. The number of tetrazole rings is 1. The highest BCUT2D eigenvalue weighted by atomic mass is 79.9. The number of aryl methyl sites for hydroxylation is 1. The maximum atomic E-state index is 11.6. The molecule has 20 heavy (non-hydrogen) atoms. The van der Waals surface area contributed by atoms with E-state index in [1.807, 2.05) is 25.1 Å². The van der Waals surface area contributed by atoms with Crippen molar-refractivity contribution >= 4 is 21.9 Å². The van der Waals surface area contributed by atoms with Gasteiger partial charge in [0.25, 0.3) is 0 Å². The summed E-state index contributed by atoms with van der Waals surface area (Å²) in [6, 6.07) is 5.76. The third-order valence-electron chi connectivity index (χ3n) is 3.88. The van der Waals surface area contributed by atoms with Gasteiger partial charge in [-0.05, 0) is 60.4 Å². The number of aliphatic carboxylic acids is 1. The van der Waals surface area contributed by atoms with Gasteiger partial charge in [-0.3, -0.25) is 0 Å². The Kier molecular flexibility index (Phi) is 3.08. The number of carboxylic acids is 1. The van der Waals surface area contributed by atoms with E-state index in [0.29, 0.717) is 18.7 Å². The molecule has 0 spiro atoms. The molecule has 3 rings (SSSR count). The summed E-state index contributed by atoms with van der Waals surface area (Å²) in [6.45, 7) is 1.95. The second-order valence-corrected chi connectivity index (χ2v) is 5.98. The predicted octanol–water partition coefficient (Wildman–Crippen LogP) is 2.37. The van der Waals surface area contributed by atoms with Gasteiger partial charge in [-0.25, -0.2) is 9.48 Å². The van der Waals surface area contributed by atoms with Crippen molar-refractivity contribution in [3.05, 3.63) is 28.2 Å². The minimum atomic E-state index is -0.988. The maximum Gasteiger partial charge on any atom is 0.331 e. The summed E-state index contributed by atoms with van der Waals surface area (Å²) in [7, 11) is 0. The molecule has 1 saturated carbocycles. The Morgan fingerprint density at radius 1 is 1.45 bits per heavy atom. The Morgan fingerprint density at radius 2 is 2.20 bits per heavy atom. The van der Waals surface area contributed by atoms with Crippen LogP contribution in [0.15, 0.2) is 22.7 Å². The molecule has 1 N–H and O–H groups in total. The number of aromatic nitrogens is 4. The highest BCUT2D eigenvalue weighted by Gasteiger charge is 2.49. The fourth-order valence-corrected chi connectivity index (χ4v) is 3.02. The minimum absolute atomic E-state index is 0.511. The first-order valence-corrected chi connectivity index (χ1v) is 7.13. The average Bonchev–Trinajstić information content (AvgIpc) is 2.76. The molecular weight excluding hydrogens is 324 g/mol. The molecule has 7 heteroatoms. The van der Waals surface area contributed by atoms with E-state index in [2.05, 4.69) is 31.5 Å². The van der Waals surface area contributed by atoms with Crippen LogP contribution in [0.25, 0.3) is 11.4 Å². The molecule has 1 aliphatic carbocycles. The van der Waals surface area contributed by atoms with Crippen LogP contribution >= 0.6 is 15.9 Å². The first-order chi connectivity index (χ1) is 9.54. The van der Waals surface area contributed by atoms with Gasteiger partial charge in [0, 0.05) is 10.0 Å². The van der Waals surface area contributed by atoms with Crippen molar-refractivity contribution in [1.82, 2.24) is 20.2 Å². The summed E-state index contributed by atoms with van der Waals surface area (Å²) in [5.41, 5.74) is 0.860. The second kappa shape index (κ2) is 4.66. The van der Waals surface area contributed by atoms with Crippen LogP contribution in [0, 0.1) is 6.92 Å². The van der Waals surface area contributed by atoms with E-state index >= 15 is 0 Å². The molecule has 0 bridgehead atoms. The standard InChI is InChI=1S/C13H13BrN4O2/c1-8-7-9(14)3-4-10(8)11-15-16-17-18(11)13(12(19)20)5-2-6-13/h3-4,7H,2,5-6H2,1H3,(H,19,20). The molecule has 1 fully saturated rings. The van der Waals surface area contributed by atoms with Crippen LogP contribution in [-0.2, 0) is 10.3 Å². The van der Waals surface area contributed by atoms with Crippen LogP contribution in [-0.4, -0.2) is 31.3 Å². The molecule has 1 aromatic carbocycles. The summed E-state index contributed by atoms with van der Waals surface area (Å²) in [5.74, 6) is -0.357. The Labute approximate surface area is 123 Å². The molecule has 6 nitrogen and oxygen atoms in total. The number of carbonyl (C=O) groups is 1. The van der Waals surface area contributed by atoms with Crippen molar-refractivity contribution in [2.75, 3.05) is 0 Å². The summed E-state index contributed by atoms with van der Waals surface area (Å²) in [4.78, 5) is 11.6. The van der Waals surface area contributed by atoms with Crippen molar-refractivity contribution < 1.29 is 9.90 Å². The zero-order valence-electron chi connectivity index (χ0n) is 10.9. The van der Waals surface area contributed by atoms with Gasteiger partial charge < -0.3 is 5.11 Å². The lowest BCUT2D eigenvalue weighted by molar-refractivity contribution is -0.153. The highest BCUT2D eigenvalue weighted by Crippen LogP contribution is 2.41. The van der Waals surface area contributed by atoms with Gasteiger partial charge in [-0.2, -0.15) is 0 Å². The summed E-state index contributed by atoms with van der Waals surface area (Å²) in [6.07, 6.45) is 2.01. The largest absolute Gasteiger partial charge is 0.479 e. The third-order valence-corrected chi connectivity index (χ3v) is 4.38. The third kappa shape index (κ3) is 1.84. The fourth-order valence-electron chi connectivity index (χ4n) is 2.55. The number of benzene rings is 1. The van der Waals surface area contributed by atoms with Gasteiger partial charge in [-0.1, -0.05) is 15.9 Å². The average molecular weight is 337 g/mol. The molecule has 0 saturated heterocycles. The molecule has 104 valence electrons. The Bertz CT molecular complexity index is 679. The zero-order valence-corrected chi connectivity index (χ0v) is 12.5. The molecule has 1 aliphatic rings. The van der Waals surface area contributed by atoms with Crippen molar-refractivity contribution in [2.24, 2.45) is 0 Å². The lowest BCUT2D eigenvalue weighted by Gasteiger charge is -2.37. The van der Waals surface area contributed by atoms with Crippen molar-refractivity contribution in [3.63, 3.8) is 0 Å². The van der Waals surface area contributed by atoms with Crippen LogP contribution in [0.2, 0.25) is 0 Å². The highest BCUT2D eigenvalue weighted by molar-refractivity contribution is 9.10. The van der Waals surface area contributed by atoms with Crippen LogP contribution < -0.4 is 0 Å². The van der Waals surface area contributed by atoms with Gasteiger partial charge in [0.1, 0.15) is 0 Å². The monoisotopic (exact) mass is 336 g/mol. The van der Waals surface area contributed by atoms with E-state index in [-0.39, 0.29) is 0 Å². The molecular formula is C13H13BrN4O2. The van der Waals surface area contributed by atoms with Gasteiger partial charge in [0.2, 0.25) is 0 Å². The second-order valence-electron chi connectivity index (χ2n) is 5.06. The first-order valence-electron chi connectivity index (χ1n) is 6.33. The van der Waals surface area contributed by atoms with Gasteiger partial charge in [-0.15, -0.1) is 5.10 Å². The van der Waals surface area contributed by atoms with Crippen LogP contribution in [0.5, 0.6) is 0 Å². The van der Waals surface area contributed by atoms with Gasteiger partial charge in [0.15, 0.2) is 11.4 Å². The minimum Gasteiger partial charge on any atom is -0.479 e.